The van der Waals surface area contributed by atoms with Crippen LogP contribution in [0.1, 0.15) is 38.4 Å². The number of hydrogen-bond acceptors (Lipinski definition) is 8. The first-order valence-corrected chi connectivity index (χ1v) is 11.9. The maximum atomic E-state index is 12.8. The number of aromatic nitrogens is 2. The molecule has 1 saturated heterocycles. The number of thioether (sulfide) groups is 1. The van der Waals surface area contributed by atoms with E-state index in [0.29, 0.717) is 17.7 Å². The molecule has 7 nitrogen and oxygen atoms in total. The predicted octanol–water partition coefficient (Wildman–Crippen LogP) is 3.99. The SMILES string of the molecule is CC1(NSc2cc(N3CCC(CO)CC3)c3cnc(C(=N)SC(=N)C(F)F)n3c2)CC1. The maximum Gasteiger partial charge on any atom is 0.285 e. The summed E-state index contributed by atoms with van der Waals surface area (Å²) in [7, 11) is 0. The molecule has 1 aliphatic heterocycles. The summed E-state index contributed by atoms with van der Waals surface area (Å²) in [6, 6.07) is 2.10. The van der Waals surface area contributed by atoms with Gasteiger partial charge in [-0.05, 0) is 68.3 Å². The van der Waals surface area contributed by atoms with Gasteiger partial charge in [0.25, 0.3) is 6.43 Å². The molecule has 0 aromatic carbocycles. The fraction of sp³-hybridized carbons (Fsp3) is 0.550. The van der Waals surface area contributed by atoms with Crippen LogP contribution in [0.15, 0.2) is 23.4 Å². The average molecular weight is 469 g/mol. The van der Waals surface area contributed by atoms with Crippen LogP contribution >= 0.6 is 23.7 Å². The van der Waals surface area contributed by atoms with Crippen molar-refractivity contribution in [3.63, 3.8) is 0 Å². The second-order valence-electron chi connectivity index (χ2n) is 8.37. The number of nitrogens with one attached hydrogen (secondary N) is 3. The molecule has 2 aromatic heterocycles. The monoisotopic (exact) mass is 468 g/mol. The summed E-state index contributed by atoms with van der Waals surface area (Å²) in [5.74, 6) is 0.559. The van der Waals surface area contributed by atoms with Crippen molar-refractivity contribution in [2.45, 2.75) is 49.5 Å². The fourth-order valence-corrected chi connectivity index (χ4v) is 5.01. The normalized spacial score (nSPS) is 18.7. The topological polar surface area (TPSA) is 100 Å². The Bertz CT molecular complexity index is 985. The molecule has 0 atom stereocenters. The first kappa shape index (κ1) is 22.5. The molecule has 2 fully saturated rings. The molecule has 2 aromatic rings. The Morgan fingerprint density at radius 1 is 1.35 bits per heavy atom. The van der Waals surface area contributed by atoms with E-state index in [-0.39, 0.29) is 23.0 Å². The number of hydrogen-bond donors (Lipinski definition) is 4. The van der Waals surface area contributed by atoms with Crippen LogP contribution < -0.4 is 9.62 Å². The molecular formula is C20H26F2N6OS2. The Morgan fingerprint density at radius 2 is 2.06 bits per heavy atom. The first-order valence-electron chi connectivity index (χ1n) is 10.2. The Balaban J connectivity index is 1.67. The summed E-state index contributed by atoms with van der Waals surface area (Å²) in [6.07, 6.45) is 4.66. The van der Waals surface area contributed by atoms with E-state index >= 15 is 0 Å². The highest BCUT2D eigenvalue weighted by Crippen LogP contribution is 2.39. The molecule has 0 radical (unpaired) electrons. The molecule has 11 heteroatoms. The fourth-order valence-electron chi connectivity index (χ4n) is 3.56. The number of anilines is 1. The number of rotatable bonds is 7. The second-order valence-corrected chi connectivity index (χ2v) is 10.3. The van der Waals surface area contributed by atoms with Gasteiger partial charge in [-0.25, -0.2) is 13.8 Å². The number of fused-ring (bicyclic) bond motifs is 1. The largest absolute Gasteiger partial charge is 0.396 e. The van der Waals surface area contributed by atoms with Crippen molar-refractivity contribution >= 4 is 45.0 Å². The van der Waals surface area contributed by atoms with Crippen molar-refractivity contribution in [1.29, 1.82) is 10.8 Å². The minimum Gasteiger partial charge on any atom is -0.396 e. The highest BCUT2D eigenvalue weighted by atomic mass is 32.2. The molecule has 0 unspecified atom stereocenters. The molecule has 4 N–H and O–H groups in total. The lowest BCUT2D eigenvalue weighted by Crippen LogP contribution is -2.35. The Kier molecular flexibility index (Phi) is 6.57. The third-order valence-corrected chi connectivity index (χ3v) is 7.68. The van der Waals surface area contributed by atoms with Gasteiger partial charge in [0, 0.05) is 36.3 Å². The van der Waals surface area contributed by atoms with E-state index in [1.54, 1.807) is 10.6 Å². The van der Waals surface area contributed by atoms with Gasteiger partial charge >= 0.3 is 0 Å². The van der Waals surface area contributed by atoms with Crippen LogP contribution in [0.2, 0.25) is 0 Å². The third-order valence-electron chi connectivity index (χ3n) is 5.84. The van der Waals surface area contributed by atoms with Crippen molar-refractivity contribution in [3.05, 3.63) is 24.3 Å². The van der Waals surface area contributed by atoms with E-state index < -0.39 is 11.5 Å². The molecule has 1 saturated carbocycles. The molecule has 1 aliphatic carbocycles. The zero-order valence-corrected chi connectivity index (χ0v) is 18.8. The molecule has 0 spiro atoms. The number of halogens is 2. The Labute approximate surface area is 188 Å². The number of nitrogens with zero attached hydrogens (tertiary/aromatic N) is 3. The van der Waals surface area contributed by atoms with Gasteiger partial charge in [-0.15, -0.1) is 0 Å². The van der Waals surface area contributed by atoms with Crippen LogP contribution in [0.5, 0.6) is 0 Å². The van der Waals surface area contributed by atoms with E-state index in [1.165, 1.54) is 11.9 Å². The van der Waals surface area contributed by atoms with Crippen LogP contribution in [0.4, 0.5) is 14.5 Å². The van der Waals surface area contributed by atoms with Crippen molar-refractivity contribution in [3.8, 4) is 0 Å². The lowest BCUT2D eigenvalue weighted by molar-refractivity contribution is 0.203. The van der Waals surface area contributed by atoms with Crippen LogP contribution in [-0.2, 0) is 0 Å². The number of pyridine rings is 1. The first-order chi connectivity index (χ1) is 14.8. The molecule has 4 rings (SSSR count). The lowest BCUT2D eigenvalue weighted by Gasteiger charge is -2.33. The Morgan fingerprint density at radius 3 is 2.68 bits per heavy atom. The van der Waals surface area contributed by atoms with Gasteiger partial charge in [-0.2, -0.15) is 0 Å². The van der Waals surface area contributed by atoms with Crippen molar-refractivity contribution < 1.29 is 13.9 Å². The van der Waals surface area contributed by atoms with Crippen molar-refractivity contribution in [2.75, 3.05) is 24.6 Å². The number of imidazole rings is 1. The summed E-state index contributed by atoms with van der Waals surface area (Å²) in [6.45, 7) is 3.98. The standard InChI is InChI=1S/C20H26F2N6OS2/c1-20(4-5-20)26-31-13-8-14(27-6-2-12(11-29)3-7-27)15-9-25-19(28(15)10-13)18(24)30-17(23)16(21)22/h8-10,12,16,23-24,26,29H,2-7,11H2,1H3. The quantitative estimate of drug-likeness (QED) is 0.279. The third kappa shape index (κ3) is 5.05. The van der Waals surface area contributed by atoms with Crippen LogP contribution in [0, 0.1) is 16.7 Å². The second kappa shape index (κ2) is 9.05. The number of aliphatic hydroxyl groups is 1. The van der Waals surface area contributed by atoms with Crippen molar-refractivity contribution in [2.24, 2.45) is 5.92 Å². The minimum absolute atomic E-state index is 0.131. The van der Waals surface area contributed by atoms with Gasteiger partial charge in [0.15, 0.2) is 5.82 Å². The van der Waals surface area contributed by atoms with Crippen molar-refractivity contribution in [1.82, 2.24) is 14.1 Å². The van der Waals surface area contributed by atoms with Gasteiger partial charge < -0.3 is 10.0 Å². The van der Waals surface area contributed by atoms with Crippen LogP contribution in [0.3, 0.4) is 0 Å². The van der Waals surface area contributed by atoms with E-state index in [2.05, 4.69) is 27.6 Å². The molecule has 31 heavy (non-hydrogen) atoms. The van der Waals surface area contributed by atoms with Crippen LogP contribution in [0.25, 0.3) is 5.52 Å². The Hall–Kier alpha value is -1.69. The zero-order valence-electron chi connectivity index (χ0n) is 17.2. The predicted molar refractivity (Wildman–Crippen MR) is 122 cm³/mol. The lowest BCUT2D eigenvalue weighted by atomic mass is 9.97. The van der Waals surface area contributed by atoms with Gasteiger partial charge in [0.2, 0.25) is 0 Å². The van der Waals surface area contributed by atoms with Gasteiger partial charge in [-0.3, -0.25) is 19.9 Å². The van der Waals surface area contributed by atoms with E-state index in [0.717, 1.165) is 54.9 Å². The highest BCUT2D eigenvalue weighted by Gasteiger charge is 2.37. The summed E-state index contributed by atoms with van der Waals surface area (Å²) >= 11 is 1.95. The summed E-state index contributed by atoms with van der Waals surface area (Å²) in [4.78, 5) is 7.54. The van der Waals surface area contributed by atoms with Gasteiger partial charge in [0.05, 0.1) is 17.4 Å². The molecule has 0 amide bonds. The maximum absolute atomic E-state index is 12.8. The molecule has 168 valence electrons. The summed E-state index contributed by atoms with van der Waals surface area (Å²) in [5, 5.41) is 24.1. The number of aliphatic hydroxyl groups excluding tert-OH is 1. The van der Waals surface area contributed by atoms with E-state index in [4.69, 9.17) is 10.8 Å². The molecule has 2 aliphatic rings. The molecule has 0 bridgehead atoms. The molecular weight excluding hydrogens is 442 g/mol. The number of piperidine rings is 1. The van der Waals surface area contributed by atoms with E-state index in [9.17, 15) is 13.9 Å². The average Bonchev–Trinajstić information content (AvgIpc) is 3.34. The van der Waals surface area contributed by atoms with Crippen LogP contribution in [-0.4, -0.2) is 56.2 Å². The highest BCUT2D eigenvalue weighted by molar-refractivity contribution is 8.26. The zero-order chi connectivity index (χ0) is 22.2. The van der Waals surface area contributed by atoms with Gasteiger partial charge in [0.1, 0.15) is 10.1 Å². The molecule has 3 heterocycles. The smallest absolute Gasteiger partial charge is 0.285 e. The summed E-state index contributed by atoms with van der Waals surface area (Å²) < 4.78 is 30.8. The minimum atomic E-state index is -2.91. The number of alkyl halides is 2. The van der Waals surface area contributed by atoms with Gasteiger partial charge in [-0.1, -0.05) is 0 Å². The van der Waals surface area contributed by atoms with E-state index in [1.807, 2.05) is 6.20 Å². The summed E-state index contributed by atoms with van der Waals surface area (Å²) in [5.41, 5.74) is 1.91.